The minimum absolute atomic E-state index is 0.139. The molecule has 8 nitrogen and oxygen atoms in total. The molecule has 5 rings (SSSR count). The van der Waals surface area contributed by atoms with Gasteiger partial charge in [-0.25, -0.2) is 4.79 Å². The van der Waals surface area contributed by atoms with Crippen LogP contribution in [0.2, 0.25) is 0 Å². The first-order chi connectivity index (χ1) is 19.5. The number of carbonyl (C=O) groups excluding carboxylic acids is 2. The lowest BCUT2D eigenvalue weighted by molar-refractivity contribution is -0.141. The van der Waals surface area contributed by atoms with Crippen LogP contribution >= 0.6 is 0 Å². The molecule has 4 aromatic rings. The number of unbranched alkanes of at least 4 members (excludes halogenated alkanes) is 3. The highest BCUT2D eigenvalue weighted by Crippen LogP contribution is 2.40. The SMILES string of the molecule is CC(=O)OCCCCCCOc1ccc(C(=O)Oc2ccc(C3Nc4cccc5c(N)ccc(c45)N3)cc2)cc1. The van der Waals surface area contributed by atoms with Gasteiger partial charge in [0, 0.05) is 34.8 Å². The molecule has 206 valence electrons. The van der Waals surface area contributed by atoms with Gasteiger partial charge in [0.25, 0.3) is 0 Å². The van der Waals surface area contributed by atoms with Crippen LogP contribution in [0.1, 0.15) is 54.7 Å². The zero-order valence-corrected chi connectivity index (χ0v) is 22.4. The molecule has 4 aromatic carbocycles. The normalized spacial score (nSPS) is 13.7. The van der Waals surface area contributed by atoms with Crippen LogP contribution < -0.4 is 25.8 Å². The van der Waals surface area contributed by atoms with Crippen LogP contribution in [-0.2, 0) is 9.53 Å². The van der Waals surface area contributed by atoms with Crippen molar-refractivity contribution in [2.45, 2.75) is 38.8 Å². The predicted octanol–water partition coefficient (Wildman–Crippen LogP) is 6.68. The molecule has 1 aliphatic heterocycles. The average molecular weight is 540 g/mol. The van der Waals surface area contributed by atoms with Crippen LogP contribution in [-0.4, -0.2) is 25.2 Å². The maximum absolute atomic E-state index is 12.7. The molecule has 0 bridgehead atoms. The number of ether oxygens (including phenoxy) is 3. The Morgan fingerprint density at radius 1 is 0.775 bits per heavy atom. The van der Waals surface area contributed by atoms with Crippen molar-refractivity contribution >= 4 is 39.8 Å². The maximum atomic E-state index is 12.7. The third kappa shape index (κ3) is 6.46. The molecule has 0 radical (unpaired) electrons. The van der Waals surface area contributed by atoms with Gasteiger partial charge in [0.1, 0.15) is 17.7 Å². The van der Waals surface area contributed by atoms with Crippen molar-refractivity contribution in [2.75, 3.05) is 29.6 Å². The van der Waals surface area contributed by atoms with Crippen LogP contribution in [0.25, 0.3) is 10.8 Å². The number of rotatable bonds is 11. The number of nitrogens with one attached hydrogen (secondary N) is 2. The van der Waals surface area contributed by atoms with Gasteiger partial charge in [-0.15, -0.1) is 0 Å². The number of nitrogen functional groups attached to an aromatic ring is 1. The summed E-state index contributed by atoms with van der Waals surface area (Å²) in [5, 5.41) is 9.14. The van der Waals surface area contributed by atoms with Crippen molar-refractivity contribution in [1.82, 2.24) is 0 Å². The lowest BCUT2D eigenvalue weighted by Gasteiger charge is -2.30. The fourth-order valence-corrected chi connectivity index (χ4v) is 4.73. The van der Waals surface area contributed by atoms with Gasteiger partial charge < -0.3 is 30.6 Å². The van der Waals surface area contributed by atoms with Crippen molar-refractivity contribution in [3.8, 4) is 11.5 Å². The average Bonchev–Trinajstić information content (AvgIpc) is 2.96. The van der Waals surface area contributed by atoms with Crippen LogP contribution in [0.4, 0.5) is 17.1 Å². The topological polar surface area (TPSA) is 112 Å². The molecular weight excluding hydrogens is 506 g/mol. The van der Waals surface area contributed by atoms with Crippen LogP contribution in [0.3, 0.4) is 0 Å². The predicted molar refractivity (Wildman–Crippen MR) is 157 cm³/mol. The fourth-order valence-electron chi connectivity index (χ4n) is 4.73. The molecular formula is C32H33N3O5. The summed E-state index contributed by atoms with van der Waals surface area (Å²) in [6.45, 7) is 2.47. The Hall–Kier alpha value is -4.72. The molecule has 1 heterocycles. The maximum Gasteiger partial charge on any atom is 0.343 e. The molecule has 0 saturated heterocycles. The summed E-state index contributed by atoms with van der Waals surface area (Å²) in [4.78, 5) is 23.4. The molecule has 8 heteroatoms. The summed E-state index contributed by atoms with van der Waals surface area (Å²) in [6.07, 6.45) is 3.60. The molecule has 0 aromatic heterocycles. The Labute approximate surface area is 233 Å². The van der Waals surface area contributed by atoms with Crippen molar-refractivity contribution in [3.05, 3.63) is 90.0 Å². The second-order valence-corrected chi connectivity index (χ2v) is 9.74. The van der Waals surface area contributed by atoms with Crippen molar-refractivity contribution in [3.63, 3.8) is 0 Å². The molecule has 1 aliphatic rings. The summed E-state index contributed by atoms with van der Waals surface area (Å²) in [6, 6.07) is 24.4. The Balaban J connectivity index is 1.10. The number of nitrogens with two attached hydrogens (primary N) is 1. The summed E-state index contributed by atoms with van der Waals surface area (Å²) in [7, 11) is 0. The monoisotopic (exact) mass is 539 g/mol. The van der Waals surface area contributed by atoms with E-state index in [4.69, 9.17) is 19.9 Å². The van der Waals surface area contributed by atoms with Gasteiger partial charge in [-0.2, -0.15) is 0 Å². The smallest absolute Gasteiger partial charge is 0.343 e. The van der Waals surface area contributed by atoms with E-state index in [2.05, 4.69) is 10.6 Å². The highest BCUT2D eigenvalue weighted by Gasteiger charge is 2.21. The lowest BCUT2D eigenvalue weighted by Crippen LogP contribution is -2.23. The third-order valence-electron chi connectivity index (χ3n) is 6.80. The molecule has 0 spiro atoms. The molecule has 40 heavy (non-hydrogen) atoms. The standard InChI is InChI=1S/C32H33N3O5/c1-21(36)38-19-4-2-3-5-20-39-24-13-11-23(12-14-24)32(37)40-25-15-9-22(10-16-25)31-34-28-8-6-7-26-27(33)17-18-29(35-31)30(26)28/h6-18,31,34-35H,2-5,19-20,33H2,1H3. The van der Waals surface area contributed by atoms with Gasteiger partial charge in [0.15, 0.2) is 0 Å². The Morgan fingerprint density at radius 2 is 1.45 bits per heavy atom. The zero-order chi connectivity index (χ0) is 27.9. The summed E-state index contributed by atoms with van der Waals surface area (Å²) >= 11 is 0. The first-order valence-corrected chi connectivity index (χ1v) is 13.5. The van der Waals surface area contributed by atoms with E-state index < -0.39 is 5.97 Å². The second kappa shape index (κ2) is 12.4. The summed E-state index contributed by atoms with van der Waals surface area (Å²) < 4.78 is 16.3. The Morgan fingerprint density at radius 3 is 2.17 bits per heavy atom. The summed E-state index contributed by atoms with van der Waals surface area (Å²) in [5.41, 5.74) is 10.4. The molecule has 1 unspecified atom stereocenters. The minimum Gasteiger partial charge on any atom is -0.494 e. The first kappa shape index (κ1) is 26.9. The van der Waals surface area contributed by atoms with E-state index in [0.29, 0.717) is 30.3 Å². The first-order valence-electron chi connectivity index (χ1n) is 13.5. The van der Waals surface area contributed by atoms with Gasteiger partial charge in [-0.1, -0.05) is 24.3 Å². The largest absolute Gasteiger partial charge is 0.494 e. The van der Waals surface area contributed by atoms with Gasteiger partial charge in [0.05, 0.1) is 18.8 Å². The van der Waals surface area contributed by atoms with E-state index in [9.17, 15) is 9.59 Å². The van der Waals surface area contributed by atoms with Crippen molar-refractivity contribution < 1.29 is 23.8 Å². The molecule has 0 saturated carbocycles. The number of carbonyl (C=O) groups is 2. The number of hydrogen-bond donors (Lipinski definition) is 3. The van der Waals surface area contributed by atoms with Crippen molar-refractivity contribution in [1.29, 1.82) is 0 Å². The van der Waals surface area contributed by atoms with Crippen LogP contribution in [0, 0.1) is 0 Å². The molecule has 4 N–H and O–H groups in total. The van der Waals surface area contributed by atoms with E-state index in [1.54, 1.807) is 36.4 Å². The lowest BCUT2D eigenvalue weighted by atomic mass is 10.0. The molecule has 0 fully saturated rings. The van der Waals surface area contributed by atoms with E-state index in [-0.39, 0.29) is 12.1 Å². The molecule has 1 atom stereocenters. The van der Waals surface area contributed by atoms with Gasteiger partial charge >= 0.3 is 11.9 Å². The molecule has 0 aliphatic carbocycles. The summed E-state index contributed by atoms with van der Waals surface area (Å²) in [5.74, 6) is 0.497. The number of anilines is 3. The van der Waals surface area contributed by atoms with Crippen molar-refractivity contribution in [2.24, 2.45) is 0 Å². The van der Waals surface area contributed by atoms with Crippen LogP contribution in [0.15, 0.2) is 78.9 Å². The molecule has 0 amide bonds. The second-order valence-electron chi connectivity index (χ2n) is 9.74. The van der Waals surface area contributed by atoms with E-state index >= 15 is 0 Å². The van der Waals surface area contributed by atoms with Gasteiger partial charge in [-0.3, -0.25) is 4.79 Å². The van der Waals surface area contributed by atoms with Crippen LogP contribution in [0.5, 0.6) is 11.5 Å². The number of hydrogen-bond acceptors (Lipinski definition) is 8. The quantitative estimate of drug-likeness (QED) is 0.0838. The van der Waals surface area contributed by atoms with Gasteiger partial charge in [0.2, 0.25) is 0 Å². The Kier molecular flexibility index (Phi) is 8.35. The zero-order valence-electron chi connectivity index (χ0n) is 22.4. The van der Waals surface area contributed by atoms with E-state index in [1.165, 1.54) is 6.92 Å². The van der Waals surface area contributed by atoms with Gasteiger partial charge in [-0.05, 0) is 85.8 Å². The Bertz CT molecular complexity index is 1470. The highest BCUT2D eigenvalue weighted by molar-refractivity contribution is 6.09. The van der Waals surface area contributed by atoms with E-state index in [0.717, 1.165) is 59.1 Å². The number of benzene rings is 4. The van der Waals surface area contributed by atoms with E-state index in [1.807, 2.05) is 42.5 Å². The number of esters is 2. The minimum atomic E-state index is -0.431. The third-order valence-corrected chi connectivity index (χ3v) is 6.80. The highest BCUT2D eigenvalue weighted by atomic mass is 16.5. The fraction of sp³-hybridized carbons (Fsp3) is 0.250.